The summed E-state index contributed by atoms with van der Waals surface area (Å²) >= 11 is 3.85. The quantitative estimate of drug-likeness (QED) is 0.540. The lowest BCUT2D eigenvalue weighted by Gasteiger charge is -2.11. The van der Waals surface area contributed by atoms with Gasteiger partial charge in [-0.3, -0.25) is 4.79 Å². The number of sulfone groups is 1. The molecule has 3 aromatic carbocycles. The molecular formula is C23H21NO3S3. The molecule has 0 spiro atoms. The molecule has 1 aliphatic rings. The number of nitrogens with one attached hydrogen (secondary N) is 1. The molecule has 7 heteroatoms. The second-order valence-electron chi connectivity index (χ2n) is 6.92. The Labute approximate surface area is 185 Å². The molecule has 154 valence electrons. The van der Waals surface area contributed by atoms with Gasteiger partial charge in [-0.2, -0.15) is 0 Å². The summed E-state index contributed by atoms with van der Waals surface area (Å²) in [6, 6.07) is 23.1. The Morgan fingerprint density at radius 1 is 0.900 bits per heavy atom. The van der Waals surface area contributed by atoms with Gasteiger partial charge in [-0.05, 0) is 47.5 Å². The third kappa shape index (κ3) is 5.09. The zero-order valence-electron chi connectivity index (χ0n) is 16.2. The van der Waals surface area contributed by atoms with Crippen LogP contribution in [0.25, 0.3) is 0 Å². The minimum Gasteiger partial charge on any atom is -0.322 e. The molecule has 1 fully saturated rings. The second-order valence-corrected chi connectivity index (χ2v) is 11.6. The van der Waals surface area contributed by atoms with Crippen molar-refractivity contribution < 1.29 is 13.2 Å². The number of hydrogen-bond donors (Lipinski definition) is 1. The van der Waals surface area contributed by atoms with E-state index in [4.69, 9.17) is 0 Å². The Morgan fingerprint density at radius 2 is 1.60 bits per heavy atom. The van der Waals surface area contributed by atoms with E-state index in [1.54, 1.807) is 54.6 Å². The molecule has 0 saturated carbocycles. The number of benzene rings is 3. The topological polar surface area (TPSA) is 63.2 Å². The zero-order valence-corrected chi connectivity index (χ0v) is 18.6. The summed E-state index contributed by atoms with van der Waals surface area (Å²) in [4.78, 5) is 12.9. The van der Waals surface area contributed by atoms with Crippen molar-refractivity contribution >= 4 is 45.0 Å². The van der Waals surface area contributed by atoms with Crippen LogP contribution >= 0.6 is 23.5 Å². The first-order valence-electron chi connectivity index (χ1n) is 9.52. The van der Waals surface area contributed by atoms with E-state index in [9.17, 15) is 13.2 Å². The average molecular weight is 456 g/mol. The van der Waals surface area contributed by atoms with E-state index >= 15 is 0 Å². The van der Waals surface area contributed by atoms with Crippen LogP contribution in [0.15, 0.2) is 83.8 Å². The van der Waals surface area contributed by atoms with Crippen LogP contribution in [0.2, 0.25) is 0 Å². The smallest absolute Gasteiger partial charge is 0.255 e. The van der Waals surface area contributed by atoms with E-state index in [2.05, 4.69) is 11.4 Å². The molecule has 0 unspecified atom stereocenters. The van der Waals surface area contributed by atoms with Gasteiger partial charge in [0, 0.05) is 22.8 Å². The predicted octanol–water partition coefficient (Wildman–Crippen LogP) is 5.39. The summed E-state index contributed by atoms with van der Waals surface area (Å²) in [5.74, 6) is 1.99. The SMILES string of the molecule is O=C(Nc1cccc(C2SCCS2)c1)c1ccc(CS(=O)(=O)c2ccccc2)cc1. The fourth-order valence-electron chi connectivity index (χ4n) is 3.20. The highest BCUT2D eigenvalue weighted by Crippen LogP contribution is 2.45. The van der Waals surface area contributed by atoms with Gasteiger partial charge in [0.25, 0.3) is 5.91 Å². The van der Waals surface area contributed by atoms with Gasteiger partial charge >= 0.3 is 0 Å². The molecule has 0 bridgehead atoms. The third-order valence-corrected chi connectivity index (χ3v) is 9.52. The van der Waals surface area contributed by atoms with Crippen LogP contribution < -0.4 is 5.32 Å². The van der Waals surface area contributed by atoms with Crippen LogP contribution in [-0.2, 0) is 15.6 Å². The molecule has 0 radical (unpaired) electrons. The maximum atomic E-state index is 12.6. The van der Waals surface area contributed by atoms with Crippen molar-refractivity contribution in [3.63, 3.8) is 0 Å². The van der Waals surface area contributed by atoms with Crippen molar-refractivity contribution in [2.75, 3.05) is 16.8 Å². The fourth-order valence-corrected chi connectivity index (χ4v) is 7.41. The van der Waals surface area contributed by atoms with Gasteiger partial charge in [0.15, 0.2) is 9.84 Å². The maximum absolute atomic E-state index is 12.6. The lowest BCUT2D eigenvalue weighted by molar-refractivity contribution is 0.102. The van der Waals surface area contributed by atoms with E-state index in [0.29, 0.717) is 20.6 Å². The van der Waals surface area contributed by atoms with E-state index in [1.165, 1.54) is 5.56 Å². The van der Waals surface area contributed by atoms with Gasteiger partial charge in [0.1, 0.15) is 0 Å². The van der Waals surface area contributed by atoms with Crippen molar-refractivity contribution in [3.05, 3.63) is 95.6 Å². The first-order chi connectivity index (χ1) is 14.5. The number of rotatable bonds is 6. The van der Waals surface area contributed by atoms with E-state index in [-0.39, 0.29) is 11.7 Å². The van der Waals surface area contributed by atoms with Gasteiger partial charge in [0.2, 0.25) is 0 Å². The Balaban J connectivity index is 1.43. The van der Waals surface area contributed by atoms with Crippen LogP contribution in [0.5, 0.6) is 0 Å². The monoisotopic (exact) mass is 455 g/mol. The Bertz CT molecular complexity index is 1120. The summed E-state index contributed by atoms with van der Waals surface area (Å²) in [6.45, 7) is 0. The van der Waals surface area contributed by atoms with Crippen LogP contribution in [0.4, 0.5) is 5.69 Å². The molecule has 0 aromatic heterocycles. The highest BCUT2D eigenvalue weighted by Gasteiger charge is 2.19. The summed E-state index contributed by atoms with van der Waals surface area (Å²) in [5, 5.41) is 2.94. The van der Waals surface area contributed by atoms with Gasteiger partial charge in [-0.15, -0.1) is 23.5 Å². The van der Waals surface area contributed by atoms with Gasteiger partial charge in [-0.25, -0.2) is 8.42 Å². The first-order valence-corrected chi connectivity index (χ1v) is 13.3. The molecule has 0 aliphatic carbocycles. The van der Waals surface area contributed by atoms with Crippen LogP contribution in [0.3, 0.4) is 0 Å². The van der Waals surface area contributed by atoms with Crippen molar-refractivity contribution in [2.45, 2.75) is 15.2 Å². The van der Waals surface area contributed by atoms with Gasteiger partial charge < -0.3 is 5.32 Å². The first kappa shape index (κ1) is 21.0. The number of hydrogen-bond acceptors (Lipinski definition) is 5. The Hall–Kier alpha value is -2.22. The summed E-state index contributed by atoms with van der Waals surface area (Å²) in [7, 11) is -3.41. The normalized spacial score (nSPS) is 14.5. The molecule has 4 nitrogen and oxygen atoms in total. The molecular weight excluding hydrogens is 434 g/mol. The second kappa shape index (κ2) is 9.29. The average Bonchev–Trinajstić information content (AvgIpc) is 3.30. The lowest BCUT2D eigenvalue weighted by atomic mass is 10.1. The van der Waals surface area contributed by atoms with Crippen LogP contribution in [0, 0.1) is 0 Å². The molecule has 4 rings (SSSR count). The minimum absolute atomic E-state index is 0.0995. The van der Waals surface area contributed by atoms with E-state index in [0.717, 1.165) is 17.2 Å². The van der Waals surface area contributed by atoms with E-state index < -0.39 is 9.84 Å². The predicted molar refractivity (Wildman–Crippen MR) is 126 cm³/mol. The van der Waals surface area contributed by atoms with Crippen LogP contribution in [-0.4, -0.2) is 25.8 Å². The molecule has 1 N–H and O–H groups in total. The summed E-state index contributed by atoms with van der Waals surface area (Å²) < 4.78 is 25.5. The molecule has 1 amide bonds. The molecule has 1 heterocycles. The maximum Gasteiger partial charge on any atom is 0.255 e. The van der Waals surface area contributed by atoms with Crippen molar-refractivity contribution in [3.8, 4) is 0 Å². The van der Waals surface area contributed by atoms with Gasteiger partial charge in [0.05, 0.1) is 15.2 Å². The highest BCUT2D eigenvalue weighted by atomic mass is 32.2. The Kier molecular flexibility index (Phi) is 6.51. The van der Waals surface area contributed by atoms with Gasteiger partial charge in [-0.1, -0.05) is 42.5 Å². The van der Waals surface area contributed by atoms with Crippen molar-refractivity contribution in [2.24, 2.45) is 0 Å². The third-order valence-electron chi connectivity index (χ3n) is 4.71. The van der Waals surface area contributed by atoms with Crippen molar-refractivity contribution in [1.29, 1.82) is 0 Å². The van der Waals surface area contributed by atoms with Crippen LogP contribution in [0.1, 0.15) is 26.1 Å². The number of carbonyl (C=O) groups excluding carboxylic acids is 1. The largest absolute Gasteiger partial charge is 0.322 e. The summed E-state index contributed by atoms with van der Waals surface area (Å²) in [5.41, 5.74) is 3.11. The highest BCUT2D eigenvalue weighted by molar-refractivity contribution is 8.19. The van der Waals surface area contributed by atoms with E-state index in [1.807, 2.05) is 41.7 Å². The number of carbonyl (C=O) groups is 1. The van der Waals surface area contributed by atoms with Crippen molar-refractivity contribution in [1.82, 2.24) is 0 Å². The number of amides is 1. The molecule has 30 heavy (non-hydrogen) atoms. The molecule has 1 saturated heterocycles. The number of anilines is 1. The molecule has 0 atom stereocenters. The molecule has 3 aromatic rings. The zero-order chi connectivity index (χ0) is 21.0. The Morgan fingerprint density at radius 3 is 2.30 bits per heavy atom. The fraction of sp³-hybridized carbons (Fsp3) is 0.174. The number of thioether (sulfide) groups is 2. The molecule has 1 aliphatic heterocycles. The summed E-state index contributed by atoms with van der Waals surface area (Å²) in [6.07, 6.45) is 0. The minimum atomic E-state index is -3.41. The lowest BCUT2D eigenvalue weighted by Crippen LogP contribution is -2.12. The standard InChI is InChI=1S/C23H21NO3S3/c25-22(24-20-6-4-5-19(15-20)23-28-13-14-29-23)18-11-9-17(10-12-18)16-30(26,27)21-7-2-1-3-8-21/h1-12,15,23H,13-14,16H2,(H,24,25).